The van der Waals surface area contributed by atoms with Gasteiger partial charge in [-0.15, -0.1) is 0 Å². The SMILES string of the molecule is CNC1CCN(CC2CCOC2C)C1=O. The van der Waals surface area contributed by atoms with Gasteiger partial charge in [0.2, 0.25) is 5.91 Å². The van der Waals surface area contributed by atoms with Gasteiger partial charge in [0.1, 0.15) is 0 Å². The van der Waals surface area contributed by atoms with Crippen LogP contribution in [0.3, 0.4) is 0 Å². The van der Waals surface area contributed by atoms with Gasteiger partial charge in [-0.2, -0.15) is 0 Å². The van der Waals surface area contributed by atoms with Crippen LogP contribution < -0.4 is 5.32 Å². The first-order valence-electron chi connectivity index (χ1n) is 5.80. The molecule has 86 valence electrons. The molecule has 2 heterocycles. The summed E-state index contributed by atoms with van der Waals surface area (Å²) in [7, 11) is 1.85. The average Bonchev–Trinajstić information content (AvgIpc) is 2.77. The van der Waals surface area contributed by atoms with Gasteiger partial charge in [0, 0.05) is 25.6 Å². The molecule has 0 bridgehead atoms. The largest absolute Gasteiger partial charge is 0.378 e. The molecule has 2 saturated heterocycles. The molecule has 4 heteroatoms. The van der Waals surface area contributed by atoms with Crippen molar-refractivity contribution >= 4 is 5.91 Å². The minimum Gasteiger partial charge on any atom is -0.378 e. The van der Waals surface area contributed by atoms with Crippen LogP contribution in [0.5, 0.6) is 0 Å². The number of hydrogen-bond donors (Lipinski definition) is 1. The third-order valence-corrected chi connectivity index (χ3v) is 3.63. The van der Waals surface area contributed by atoms with Gasteiger partial charge >= 0.3 is 0 Å². The van der Waals surface area contributed by atoms with E-state index in [1.54, 1.807) is 0 Å². The molecule has 4 nitrogen and oxygen atoms in total. The second kappa shape index (κ2) is 4.49. The number of likely N-dealkylation sites (tertiary alicyclic amines) is 1. The molecule has 0 aromatic rings. The van der Waals surface area contributed by atoms with Crippen LogP contribution in [0.2, 0.25) is 0 Å². The summed E-state index contributed by atoms with van der Waals surface area (Å²) in [6.07, 6.45) is 2.35. The van der Waals surface area contributed by atoms with Crippen LogP contribution in [0.4, 0.5) is 0 Å². The van der Waals surface area contributed by atoms with Crippen molar-refractivity contribution in [3.63, 3.8) is 0 Å². The van der Waals surface area contributed by atoms with E-state index in [1.807, 2.05) is 11.9 Å². The Labute approximate surface area is 91.0 Å². The first kappa shape index (κ1) is 10.9. The Kier molecular flexibility index (Phi) is 3.26. The van der Waals surface area contributed by atoms with Crippen LogP contribution in [-0.4, -0.2) is 49.7 Å². The molecule has 2 aliphatic heterocycles. The van der Waals surface area contributed by atoms with Crippen molar-refractivity contribution in [2.45, 2.75) is 31.9 Å². The van der Waals surface area contributed by atoms with Crippen molar-refractivity contribution in [1.82, 2.24) is 10.2 Å². The van der Waals surface area contributed by atoms with Crippen molar-refractivity contribution in [2.75, 3.05) is 26.7 Å². The van der Waals surface area contributed by atoms with Crippen molar-refractivity contribution in [3.8, 4) is 0 Å². The fourth-order valence-corrected chi connectivity index (χ4v) is 2.49. The fraction of sp³-hybridized carbons (Fsp3) is 0.909. The van der Waals surface area contributed by atoms with E-state index in [-0.39, 0.29) is 11.9 Å². The van der Waals surface area contributed by atoms with E-state index in [0.717, 1.165) is 32.5 Å². The highest BCUT2D eigenvalue weighted by molar-refractivity contribution is 5.83. The van der Waals surface area contributed by atoms with E-state index in [9.17, 15) is 4.79 Å². The summed E-state index contributed by atoms with van der Waals surface area (Å²) in [5.74, 6) is 0.793. The molecule has 0 aromatic carbocycles. The van der Waals surface area contributed by atoms with E-state index in [4.69, 9.17) is 4.74 Å². The van der Waals surface area contributed by atoms with E-state index in [0.29, 0.717) is 12.0 Å². The van der Waals surface area contributed by atoms with Crippen LogP contribution in [0.1, 0.15) is 19.8 Å². The predicted molar refractivity (Wildman–Crippen MR) is 57.6 cm³/mol. The number of ether oxygens (including phenoxy) is 1. The monoisotopic (exact) mass is 212 g/mol. The number of hydrogen-bond acceptors (Lipinski definition) is 3. The van der Waals surface area contributed by atoms with Gasteiger partial charge in [-0.05, 0) is 26.8 Å². The Morgan fingerprint density at radius 2 is 2.33 bits per heavy atom. The molecular formula is C11H20N2O2. The summed E-state index contributed by atoms with van der Waals surface area (Å²) >= 11 is 0. The molecule has 0 aromatic heterocycles. The summed E-state index contributed by atoms with van der Waals surface area (Å²) in [5, 5.41) is 3.06. The molecule has 2 fully saturated rings. The van der Waals surface area contributed by atoms with Gasteiger partial charge in [-0.1, -0.05) is 0 Å². The first-order chi connectivity index (χ1) is 7.22. The number of carbonyl (C=O) groups is 1. The third-order valence-electron chi connectivity index (χ3n) is 3.63. The molecule has 2 aliphatic rings. The number of nitrogens with one attached hydrogen (secondary N) is 1. The van der Waals surface area contributed by atoms with Gasteiger partial charge in [-0.3, -0.25) is 4.79 Å². The summed E-state index contributed by atoms with van der Waals surface area (Å²) in [5.41, 5.74) is 0. The maximum Gasteiger partial charge on any atom is 0.239 e. The van der Waals surface area contributed by atoms with Gasteiger partial charge in [-0.25, -0.2) is 0 Å². The number of nitrogens with zero attached hydrogens (tertiary/aromatic N) is 1. The minimum absolute atomic E-state index is 0.0441. The smallest absolute Gasteiger partial charge is 0.239 e. The molecule has 0 aliphatic carbocycles. The molecule has 3 unspecified atom stereocenters. The maximum absolute atomic E-state index is 11.9. The van der Waals surface area contributed by atoms with E-state index in [1.165, 1.54) is 0 Å². The normalized spacial score (nSPS) is 36.5. The fourth-order valence-electron chi connectivity index (χ4n) is 2.49. The summed E-state index contributed by atoms with van der Waals surface area (Å²) in [4.78, 5) is 13.8. The predicted octanol–water partition coefficient (Wildman–Crippen LogP) is 0.232. The maximum atomic E-state index is 11.9. The molecule has 1 amide bonds. The van der Waals surface area contributed by atoms with Crippen LogP contribution in [-0.2, 0) is 9.53 Å². The van der Waals surface area contributed by atoms with E-state index < -0.39 is 0 Å². The molecule has 0 spiro atoms. The molecular weight excluding hydrogens is 192 g/mol. The Bertz CT molecular complexity index is 245. The van der Waals surface area contributed by atoms with Crippen LogP contribution in [0, 0.1) is 5.92 Å². The number of carbonyl (C=O) groups excluding carboxylic acids is 1. The lowest BCUT2D eigenvalue weighted by Crippen LogP contribution is -2.39. The molecule has 2 rings (SSSR count). The van der Waals surface area contributed by atoms with Crippen molar-refractivity contribution in [1.29, 1.82) is 0 Å². The Morgan fingerprint density at radius 3 is 2.87 bits per heavy atom. The highest BCUT2D eigenvalue weighted by atomic mass is 16.5. The standard InChI is InChI=1S/C11H20N2O2/c1-8-9(4-6-15-8)7-13-5-3-10(12-2)11(13)14/h8-10,12H,3-7H2,1-2H3. The summed E-state index contributed by atoms with van der Waals surface area (Å²) in [6.45, 7) is 4.73. The van der Waals surface area contributed by atoms with Gasteiger partial charge in [0.25, 0.3) is 0 Å². The minimum atomic E-state index is 0.0441. The average molecular weight is 212 g/mol. The lowest BCUT2D eigenvalue weighted by atomic mass is 10.0. The Balaban J connectivity index is 1.87. The Hall–Kier alpha value is -0.610. The van der Waals surface area contributed by atoms with Crippen molar-refractivity contribution < 1.29 is 9.53 Å². The van der Waals surface area contributed by atoms with Gasteiger partial charge in [0.15, 0.2) is 0 Å². The highest BCUT2D eigenvalue weighted by Crippen LogP contribution is 2.23. The van der Waals surface area contributed by atoms with Crippen LogP contribution in [0.15, 0.2) is 0 Å². The first-order valence-corrected chi connectivity index (χ1v) is 5.80. The second-order valence-corrected chi connectivity index (χ2v) is 4.54. The molecule has 0 radical (unpaired) electrons. The summed E-state index contributed by atoms with van der Waals surface area (Å²) < 4.78 is 5.51. The Morgan fingerprint density at radius 1 is 1.53 bits per heavy atom. The topological polar surface area (TPSA) is 41.6 Å². The second-order valence-electron chi connectivity index (χ2n) is 4.54. The van der Waals surface area contributed by atoms with E-state index in [2.05, 4.69) is 12.2 Å². The zero-order valence-corrected chi connectivity index (χ0v) is 9.53. The lowest BCUT2D eigenvalue weighted by molar-refractivity contribution is -0.130. The zero-order chi connectivity index (χ0) is 10.8. The van der Waals surface area contributed by atoms with Gasteiger partial charge in [0.05, 0.1) is 12.1 Å². The molecule has 0 saturated carbocycles. The molecule has 1 N–H and O–H groups in total. The van der Waals surface area contributed by atoms with Crippen LogP contribution in [0.25, 0.3) is 0 Å². The van der Waals surface area contributed by atoms with Crippen molar-refractivity contribution in [3.05, 3.63) is 0 Å². The highest BCUT2D eigenvalue weighted by Gasteiger charge is 2.34. The molecule has 15 heavy (non-hydrogen) atoms. The summed E-state index contributed by atoms with van der Waals surface area (Å²) in [6, 6.07) is 0.0441. The number of rotatable bonds is 3. The van der Waals surface area contributed by atoms with Crippen LogP contribution >= 0.6 is 0 Å². The van der Waals surface area contributed by atoms with E-state index >= 15 is 0 Å². The third kappa shape index (κ3) is 2.16. The van der Waals surface area contributed by atoms with Gasteiger partial charge < -0.3 is 15.0 Å². The molecule has 3 atom stereocenters. The number of likely N-dealkylation sites (N-methyl/N-ethyl adjacent to an activating group) is 1. The lowest BCUT2D eigenvalue weighted by Gasteiger charge is -2.22. The zero-order valence-electron chi connectivity index (χ0n) is 9.53. The quantitative estimate of drug-likeness (QED) is 0.728. The van der Waals surface area contributed by atoms with Crippen molar-refractivity contribution in [2.24, 2.45) is 5.92 Å². The number of amides is 1.